The number of benzene rings is 1. The van der Waals surface area contributed by atoms with Crippen LogP contribution in [0.25, 0.3) is 0 Å². The van der Waals surface area contributed by atoms with E-state index < -0.39 is 28.5 Å². The summed E-state index contributed by atoms with van der Waals surface area (Å²) in [7, 11) is -3.66. The Kier molecular flexibility index (Phi) is 7.85. The standard InChI is InChI=1S/C22H29N3O7S/c1-16-5-6-17(2)18(14-16)33(30,31)24-12-10-23(11-13-24)19(26)7-8-22(29)32-15-21(28)25-9-3-4-20(25)27/h5-6,14H,3-4,7-13,15H2,1-2H3. The van der Waals surface area contributed by atoms with Gasteiger partial charge in [0, 0.05) is 45.6 Å². The van der Waals surface area contributed by atoms with E-state index in [1.54, 1.807) is 19.1 Å². The van der Waals surface area contributed by atoms with Gasteiger partial charge in [-0.3, -0.25) is 24.1 Å². The van der Waals surface area contributed by atoms with Gasteiger partial charge in [0.25, 0.3) is 5.91 Å². The van der Waals surface area contributed by atoms with Gasteiger partial charge in [0.2, 0.25) is 21.8 Å². The van der Waals surface area contributed by atoms with Gasteiger partial charge in [-0.15, -0.1) is 0 Å². The quantitative estimate of drug-likeness (QED) is 0.525. The molecule has 0 atom stereocenters. The number of rotatable bonds is 7. The predicted octanol–water partition coefficient (Wildman–Crippen LogP) is 0.609. The van der Waals surface area contributed by atoms with Crippen LogP contribution < -0.4 is 0 Å². The van der Waals surface area contributed by atoms with E-state index in [9.17, 15) is 27.6 Å². The molecule has 2 saturated heterocycles. The van der Waals surface area contributed by atoms with Crippen LogP contribution in [-0.2, 0) is 33.9 Å². The summed E-state index contributed by atoms with van der Waals surface area (Å²) in [6.45, 7) is 4.20. The molecule has 3 rings (SSSR count). The smallest absolute Gasteiger partial charge is 0.306 e. The number of piperazine rings is 1. The van der Waals surface area contributed by atoms with E-state index in [0.717, 1.165) is 10.5 Å². The SMILES string of the molecule is Cc1ccc(C)c(S(=O)(=O)N2CCN(C(=O)CCC(=O)OCC(=O)N3CCCC3=O)CC2)c1. The van der Waals surface area contributed by atoms with Gasteiger partial charge in [-0.25, -0.2) is 8.42 Å². The number of nitrogens with zero attached hydrogens (tertiary/aromatic N) is 3. The minimum atomic E-state index is -3.66. The Balaban J connectivity index is 1.43. The van der Waals surface area contributed by atoms with E-state index in [0.29, 0.717) is 24.9 Å². The maximum Gasteiger partial charge on any atom is 0.306 e. The minimum absolute atomic E-state index is 0.0978. The molecule has 2 aliphatic heterocycles. The van der Waals surface area contributed by atoms with Crippen molar-refractivity contribution < 1.29 is 32.3 Å². The van der Waals surface area contributed by atoms with Crippen LogP contribution >= 0.6 is 0 Å². The molecule has 2 heterocycles. The molecule has 0 unspecified atom stereocenters. The summed E-state index contributed by atoms with van der Waals surface area (Å²) in [6, 6.07) is 5.29. The number of carbonyl (C=O) groups excluding carboxylic acids is 4. The monoisotopic (exact) mass is 479 g/mol. The average molecular weight is 480 g/mol. The van der Waals surface area contributed by atoms with Crippen molar-refractivity contribution in [1.29, 1.82) is 0 Å². The second-order valence-electron chi connectivity index (χ2n) is 8.26. The van der Waals surface area contributed by atoms with E-state index in [1.165, 1.54) is 9.21 Å². The maximum atomic E-state index is 13.0. The van der Waals surface area contributed by atoms with E-state index in [1.807, 2.05) is 13.0 Å². The summed E-state index contributed by atoms with van der Waals surface area (Å²) in [5, 5.41) is 0. The van der Waals surface area contributed by atoms with Crippen molar-refractivity contribution in [1.82, 2.24) is 14.1 Å². The summed E-state index contributed by atoms with van der Waals surface area (Å²) in [5.41, 5.74) is 1.53. The number of carbonyl (C=O) groups is 4. The van der Waals surface area contributed by atoms with Crippen LogP contribution in [0, 0.1) is 13.8 Å². The molecular formula is C22H29N3O7S. The molecule has 180 valence electrons. The molecule has 2 aliphatic rings. The fraction of sp³-hybridized carbons (Fsp3) is 0.545. The Morgan fingerprint density at radius 1 is 0.970 bits per heavy atom. The van der Waals surface area contributed by atoms with Gasteiger partial charge in [0.05, 0.1) is 11.3 Å². The van der Waals surface area contributed by atoms with Crippen LogP contribution in [0.5, 0.6) is 0 Å². The van der Waals surface area contributed by atoms with Crippen molar-refractivity contribution in [2.75, 3.05) is 39.3 Å². The number of aryl methyl sites for hydroxylation is 2. The first kappa shape index (κ1) is 24.8. The number of sulfonamides is 1. The second kappa shape index (κ2) is 10.4. The zero-order valence-electron chi connectivity index (χ0n) is 18.9. The molecule has 2 fully saturated rings. The van der Waals surface area contributed by atoms with Crippen LogP contribution in [0.15, 0.2) is 23.1 Å². The fourth-order valence-electron chi connectivity index (χ4n) is 3.87. The number of hydrogen-bond acceptors (Lipinski definition) is 7. The zero-order valence-corrected chi connectivity index (χ0v) is 19.7. The third kappa shape index (κ3) is 5.97. The highest BCUT2D eigenvalue weighted by Crippen LogP contribution is 2.22. The summed E-state index contributed by atoms with van der Waals surface area (Å²) < 4.78 is 32.3. The highest BCUT2D eigenvalue weighted by atomic mass is 32.2. The number of likely N-dealkylation sites (tertiary alicyclic amines) is 1. The second-order valence-corrected chi connectivity index (χ2v) is 10.2. The number of amides is 3. The van der Waals surface area contributed by atoms with Gasteiger partial charge in [0.1, 0.15) is 0 Å². The molecule has 0 saturated carbocycles. The summed E-state index contributed by atoms with van der Waals surface area (Å²) >= 11 is 0. The Bertz CT molecular complexity index is 1050. The molecule has 0 aliphatic carbocycles. The fourth-order valence-corrected chi connectivity index (χ4v) is 5.61. The van der Waals surface area contributed by atoms with Crippen LogP contribution in [0.2, 0.25) is 0 Å². The highest BCUT2D eigenvalue weighted by Gasteiger charge is 2.31. The summed E-state index contributed by atoms with van der Waals surface area (Å²) in [5.74, 6) is -1.81. The highest BCUT2D eigenvalue weighted by molar-refractivity contribution is 7.89. The van der Waals surface area contributed by atoms with E-state index in [-0.39, 0.29) is 55.7 Å². The Labute approximate surface area is 193 Å². The molecule has 10 nitrogen and oxygen atoms in total. The average Bonchev–Trinajstić information content (AvgIpc) is 3.23. The third-order valence-electron chi connectivity index (χ3n) is 5.83. The first-order chi connectivity index (χ1) is 15.6. The lowest BCUT2D eigenvalue weighted by atomic mass is 10.2. The zero-order chi connectivity index (χ0) is 24.2. The first-order valence-electron chi connectivity index (χ1n) is 10.9. The van der Waals surface area contributed by atoms with Crippen molar-refractivity contribution in [3.8, 4) is 0 Å². The van der Waals surface area contributed by atoms with Crippen molar-refractivity contribution in [2.45, 2.75) is 44.4 Å². The molecule has 1 aromatic carbocycles. The Morgan fingerprint density at radius 3 is 2.30 bits per heavy atom. The lowest BCUT2D eigenvalue weighted by Gasteiger charge is -2.34. The van der Waals surface area contributed by atoms with Crippen LogP contribution in [0.4, 0.5) is 0 Å². The molecule has 1 aromatic rings. The lowest BCUT2D eigenvalue weighted by Crippen LogP contribution is -2.50. The normalized spacial score (nSPS) is 17.3. The van der Waals surface area contributed by atoms with Crippen molar-refractivity contribution >= 4 is 33.7 Å². The van der Waals surface area contributed by atoms with E-state index in [2.05, 4.69) is 0 Å². The van der Waals surface area contributed by atoms with Gasteiger partial charge in [-0.05, 0) is 37.5 Å². The van der Waals surface area contributed by atoms with Gasteiger partial charge < -0.3 is 9.64 Å². The van der Waals surface area contributed by atoms with E-state index in [4.69, 9.17) is 4.74 Å². The van der Waals surface area contributed by atoms with Gasteiger partial charge in [-0.2, -0.15) is 4.31 Å². The molecule has 3 amide bonds. The maximum absolute atomic E-state index is 13.0. The van der Waals surface area contributed by atoms with E-state index >= 15 is 0 Å². The molecule has 0 radical (unpaired) electrons. The molecule has 0 spiro atoms. The van der Waals surface area contributed by atoms with Crippen molar-refractivity contribution in [3.05, 3.63) is 29.3 Å². The Morgan fingerprint density at radius 2 is 1.67 bits per heavy atom. The number of esters is 1. The molecule has 11 heteroatoms. The van der Waals surface area contributed by atoms with Gasteiger partial charge in [0.15, 0.2) is 6.61 Å². The number of imide groups is 1. The number of ether oxygens (including phenoxy) is 1. The van der Waals surface area contributed by atoms with Crippen LogP contribution in [0.3, 0.4) is 0 Å². The third-order valence-corrected chi connectivity index (χ3v) is 7.87. The van der Waals surface area contributed by atoms with Crippen molar-refractivity contribution in [2.24, 2.45) is 0 Å². The molecular weight excluding hydrogens is 450 g/mol. The topological polar surface area (TPSA) is 121 Å². The van der Waals surface area contributed by atoms with Gasteiger partial charge >= 0.3 is 5.97 Å². The molecule has 0 bridgehead atoms. The predicted molar refractivity (Wildman–Crippen MR) is 117 cm³/mol. The largest absolute Gasteiger partial charge is 0.456 e. The number of hydrogen-bond donors (Lipinski definition) is 0. The first-order valence-corrected chi connectivity index (χ1v) is 12.4. The molecule has 0 N–H and O–H groups in total. The molecule has 0 aromatic heterocycles. The minimum Gasteiger partial charge on any atom is -0.456 e. The van der Waals surface area contributed by atoms with Crippen LogP contribution in [0.1, 0.15) is 36.8 Å². The molecule has 33 heavy (non-hydrogen) atoms. The lowest BCUT2D eigenvalue weighted by molar-refractivity contribution is -0.155. The van der Waals surface area contributed by atoms with Gasteiger partial charge in [-0.1, -0.05) is 12.1 Å². The Hall–Kier alpha value is -2.79. The van der Waals surface area contributed by atoms with Crippen LogP contribution in [-0.4, -0.2) is 85.5 Å². The van der Waals surface area contributed by atoms with Crippen molar-refractivity contribution in [3.63, 3.8) is 0 Å². The summed E-state index contributed by atoms with van der Waals surface area (Å²) in [4.78, 5) is 50.6. The summed E-state index contributed by atoms with van der Waals surface area (Å²) in [6.07, 6.45) is 0.625.